The highest BCUT2D eigenvalue weighted by Gasteiger charge is 2.21. The summed E-state index contributed by atoms with van der Waals surface area (Å²) in [5.74, 6) is 0. The molecule has 0 spiro atoms. The van der Waals surface area contributed by atoms with Crippen LogP contribution in [0.4, 0.5) is 15.1 Å². The summed E-state index contributed by atoms with van der Waals surface area (Å²) in [7, 11) is 0. The number of fused-ring (bicyclic) bond motifs is 1. The van der Waals surface area contributed by atoms with E-state index >= 15 is 0 Å². The van der Waals surface area contributed by atoms with Gasteiger partial charge in [-0.2, -0.15) is 0 Å². The molecule has 1 saturated heterocycles. The molecule has 1 aliphatic rings. The van der Waals surface area contributed by atoms with Crippen LogP contribution in [0.2, 0.25) is 0 Å². The molecule has 6 nitrogen and oxygen atoms in total. The van der Waals surface area contributed by atoms with Gasteiger partial charge >= 0.3 is 6.03 Å². The lowest BCUT2D eigenvalue weighted by atomic mass is 10.3. The molecule has 0 radical (unpaired) electrons. The van der Waals surface area contributed by atoms with Crippen molar-refractivity contribution >= 4 is 49.2 Å². The number of thiazole rings is 2. The molecular formula is C16H17N5OS2. The molecule has 1 fully saturated rings. The maximum absolute atomic E-state index is 12.5. The molecule has 124 valence electrons. The van der Waals surface area contributed by atoms with Gasteiger partial charge in [0.25, 0.3) is 0 Å². The topological polar surface area (TPSA) is 61.4 Å². The van der Waals surface area contributed by atoms with Gasteiger partial charge in [-0.05, 0) is 18.6 Å². The molecule has 2 amide bonds. The summed E-state index contributed by atoms with van der Waals surface area (Å²) in [5, 5.41) is 6.61. The number of hydrogen-bond donors (Lipinski definition) is 1. The molecule has 4 rings (SSSR count). The van der Waals surface area contributed by atoms with Crippen molar-refractivity contribution in [1.29, 1.82) is 0 Å². The number of nitrogens with zero attached hydrogens (tertiary/aromatic N) is 4. The fraction of sp³-hybridized carbons (Fsp3) is 0.312. The van der Waals surface area contributed by atoms with Gasteiger partial charge in [0, 0.05) is 37.8 Å². The Labute approximate surface area is 147 Å². The Bertz CT molecular complexity index is 799. The summed E-state index contributed by atoms with van der Waals surface area (Å²) < 4.78 is 1.08. The summed E-state index contributed by atoms with van der Waals surface area (Å²) in [4.78, 5) is 25.5. The van der Waals surface area contributed by atoms with Crippen LogP contribution >= 0.6 is 22.7 Å². The van der Waals surface area contributed by atoms with Crippen LogP contribution in [0.15, 0.2) is 35.8 Å². The minimum absolute atomic E-state index is 0.0740. The molecule has 3 aromatic rings. The lowest BCUT2D eigenvalue weighted by molar-refractivity contribution is 0.215. The van der Waals surface area contributed by atoms with Gasteiger partial charge in [0.05, 0.1) is 10.2 Å². The van der Waals surface area contributed by atoms with Crippen LogP contribution < -0.4 is 10.2 Å². The van der Waals surface area contributed by atoms with E-state index in [-0.39, 0.29) is 6.03 Å². The Morgan fingerprint density at radius 3 is 2.92 bits per heavy atom. The van der Waals surface area contributed by atoms with Crippen LogP contribution in [0.3, 0.4) is 0 Å². The zero-order valence-electron chi connectivity index (χ0n) is 13.0. The number of nitrogens with one attached hydrogen (secondary N) is 1. The number of benzene rings is 1. The van der Waals surface area contributed by atoms with Gasteiger partial charge in [0.15, 0.2) is 10.3 Å². The normalized spacial score (nSPS) is 15.5. The quantitative estimate of drug-likeness (QED) is 0.761. The van der Waals surface area contributed by atoms with E-state index in [4.69, 9.17) is 0 Å². The smallest absolute Gasteiger partial charge is 0.323 e. The molecule has 24 heavy (non-hydrogen) atoms. The van der Waals surface area contributed by atoms with Crippen LogP contribution in [0.5, 0.6) is 0 Å². The third kappa shape index (κ3) is 3.20. The zero-order valence-corrected chi connectivity index (χ0v) is 14.6. The minimum atomic E-state index is -0.0740. The molecule has 0 saturated carbocycles. The molecule has 3 heterocycles. The van der Waals surface area contributed by atoms with Crippen LogP contribution in [0.1, 0.15) is 6.42 Å². The largest absolute Gasteiger partial charge is 0.346 e. The van der Waals surface area contributed by atoms with E-state index in [0.717, 1.165) is 41.4 Å². The van der Waals surface area contributed by atoms with Crippen molar-refractivity contribution in [2.75, 3.05) is 36.4 Å². The molecule has 1 aromatic carbocycles. The highest BCUT2D eigenvalue weighted by molar-refractivity contribution is 7.22. The standard InChI is InChI=1S/C16H17N5OS2/c22-15(19-14-18-12-4-1-2-5-13(12)24-14)20-7-3-8-21(10-9-20)16-17-6-11-23-16/h1-2,4-6,11H,3,7-10H2,(H,18,19,22). The summed E-state index contributed by atoms with van der Waals surface area (Å²) in [5.41, 5.74) is 0.920. The lowest BCUT2D eigenvalue weighted by Crippen LogP contribution is -2.38. The van der Waals surface area contributed by atoms with Gasteiger partial charge in [0.1, 0.15) is 0 Å². The molecule has 2 aromatic heterocycles. The van der Waals surface area contributed by atoms with Gasteiger partial charge in [-0.25, -0.2) is 14.8 Å². The van der Waals surface area contributed by atoms with E-state index in [1.54, 1.807) is 11.3 Å². The second-order valence-electron chi connectivity index (χ2n) is 5.56. The molecule has 0 bridgehead atoms. The van der Waals surface area contributed by atoms with Gasteiger partial charge in [-0.1, -0.05) is 23.5 Å². The number of urea groups is 1. The van der Waals surface area contributed by atoms with Crippen LogP contribution in [-0.4, -0.2) is 47.1 Å². The number of aromatic nitrogens is 2. The first-order chi connectivity index (χ1) is 11.8. The number of amides is 2. The summed E-state index contributed by atoms with van der Waals surface area (Å²) in [6.07, 6.45) is 2.76. The first-order valence-electron chi connectivity index (χ1n) is 7.85. The third-order valence-corrected chi connectivity index (χ3v) is 5.76. The first kappa shape index (κ1) is 15.3. The SMILES string of the molecule is O=C(Nc1nc2ccccc2s1)N1CCCN(c2nccs2)CC1. The lowest BCUT2D eigenvalue weighted by Gasteiger charge is -2.21. The Morgan fingerprint density at radius 1 is 1.17 bits per heavy atom. The minimum Gasteiger partial charge on any atom is -0.346 e. The Kier molecular flexibility index (Phi) is 4.31. The van der Waals surface area contributed by atoms with E-state index in [9.17, 15) is 4.79 Å². The fourth-order valence-electron chi connectivity index (χ4n) is 2.78. The maximum atomic E-state index is 12.5. The molecule has 1 aliphatic heterocycles. The summed E-state index contributed by atoms with van der Waals surface area (Å²) in [6.45, 7) is 3.17. The summed E-state index contributed by atoms with van der Waals surface area (Å²) >= 11 is 3.15. The van der Waals surface area contributed by atoms with Crippen molar-refractivity contribution in [1.82, 2.24) is 14.9 Å². The number of rotatable bonds is 2. The number of carbonyl (C=O) groups excluding carboxylic acids is 1. The van der Waals surface area contributed by atoms with Crippen LogP contribution in [0, 0.1) is 0 Å². The van der Waals surface area contributed by atoms with E-state index in [0.29, 0.717) is 11.7 Å². The van der Waals surface area contributed by atoms with Gasteiger partial charge in [-0.3, -0.25) is 5.32 Å². The Morgan fingerprint density at radius 2 is 2.08 bits per heavy atom. The zero-order chi connectivity index (χ0) is 16.4. The average molecular weight is 359 g/mol. The molecule has 0 aliphatic carbocycles. The molecule has 8 heteroatoms. The number of para-hydroxylation sites is 1. The fourth-order valence-corrected chi connectivity index (χ4v) is 4.33. The average Bonchev–Trinajstić information content (AvgIpc) is 3.19. The first-order valence-corrected chi connectivity index (χ1v) is 9.55. The van der Waals surface area contributed by atoms with Gasteiger partial charge in [-0.15, -0.1) is 11.3 Å². The highest BCUT2D eigenvalue weighted by Crippen LogP contribution is 2.26. The Balaban J connectivity index is 1.41. The predicted octanol–water partition coefficient (Wildman–Crippen LogP) is 3.50. The van der Waals surface area contributed by atoms with Crippen molar-refractivity contribution in [3.63, 3.8) is 0 Å². The van der Waals surface area contributed by atoms with Gasteiger partial charge in [0.2, 0.25) is 0 Å². The van der Waals surface area contributed by atoms with E-state index < -0.39 is 0 Å². The monoisotopic (exact) mass is 359 g/mol. The van der Waals surface area contributed by atoms with Crippen LogP contribution in [0.25, 0.3) is 10.2 Å². The highest BCUT2D eigenvalue weighted by atomic mass is 32.1. The van der Waals surface area contributed by atoms with Crippen molar-refractivity contribution in [2.24, 2.45) is 0 Å². The van der Waals surface area contributed by atoms with Crippen molar-refractivity contribution in [3.05, 3.63) is 35.8 Å². The van der Waals surface area contributed by atoms with Crippen molar-refractivity contribution in [2.45, 2.75) is 6.42 Å². The number of hydrogen-bond acceptors (Lipinski definition) is 6. The van der Waals surface area contributed by atoms with Crippen LogP contribution in [-0.2, 0) is 0 Å². The molecule has 0 unspecified atom stereocenters. The number of anilines is 2. The van der Waals surface area contributed by atoms with Gasteiger partial charge < -0.3 is 9.80 Å². The molecule has 0 atom stereocenters. The third-order valence-electron chi connectivity index (χ3n) is 3.98. The number of carbonyl (C=O) groups is 1. The molecular weight excluding hydrogens is 342 g/mol. The second kappa shape index (κ2) is 6.74. The van der Waals surface area contributed by atoms with E-state index in [2.05, 4.69) is 20.2 Å². The second-order valence-corrected chi connectivity index (χ2v) is 7.46. The van der Waals surface area contributed by atoms with E-state index in [1.165, 1.54) is 11.3 Å². The Hall–Kier alpha value is -2.19. The van der Waals surface area contributed by atoms with Crippen molar-refractivity contribution in [3.8, 4) is 0 Å². The van der Waals surface area contributed by atoms with E-state index in [1.807, 2.05) is 40.7 Å². The molecule has 1 N–H and O–H groups in total. The van der Waals surface area contributed by atoms with Crippen molar-refractivity contribution < 1.29 is 4.79 Å². The maximum Gasteiger partial charge on any atom is 0.323 e. The summed E-state index contributed by atoms with van der Waals surface area (Å²) in [6, 6.07) is 7.83. The predicted molar refractivity (Wildman–Crippen MR) is 99.2 cm³/mol.